The first kappa shape index (κ1) is 13.4. The number of ether oxygens (including phenoxy) is 1. The lowest BCUT2D eigenvalue weighted by Gasteiger charge is -2.45. The van der Waals surface area contributed by atoms with Gasteiger partial charge in [-0.3, -0.25) is 4.79 Å². The minimum Gasteiger partial charge on any atom is -0.444 e. The molecule has 0 aromatic rings. The van der Waals surface area contributed by atoms with Crippen molar-refractivity contribution in [2.24, 2.45) is 5.41 Å². The molecule has 2 saturated carbocycles. The maximum Gasteiger partial charge on any atom is 0.407 e. The lowest BCUT2D eigenvalue weighted by atomic mass is 9.59. The molecular formula is C14H23NO3. The smallest absolute Gasteiger partial charge is 0.407 e. The Morgan fingerprint density at radius 3 is 2.28 bits per heavy atom. The minimum absolute atomic E-state index is 0.209. The van der Waals surface area contributed by atoms with Gasteiger partial charge in [-0.15, -0.1) is 0 Å². The highest BCUT2D eigenvalue weighted by Gasteiger charge is 2.45. The third-order valence-corrected chi connectivity index (χ3v) is 3.91. The number of rotatable bonds is 1. The van der Waals surface area contributed by atoms with Crippen LogP contribution in [0.25, 0.3) is 0 Å². The van der Waals surface area contributed by atoms with E-state index in [1.165, 1.54) is 0 Å². The molecule has 2 aliphatic rings. The third-order valence-electron chi connectivity index (χ3n) is 3.91. The van der Waals surface area contributed by atoms with Gasteiger partial charge in [0.15, 0.2) is 0 Å². The molecule has 2 aliphatic carbocycles. The lowest BCUT2D eigenvalue weighted by molar-refractivity contribution is -0.134. The summed E-state index contributed by atoms with van der Waals surface area (Å²) < 4.78 is 5.25. The maximum atomic E-state index is 11.6. The van der Waals surface area contributed by atoms with Gasteiger partial charge in [0.05, 0.1) is 0 Å². The summed E-state index contributed by atoms with van der Waals surface area (Å²) in [5.41, 5.74) is -0.163. The van der Waals surface area contributed by atoms with Crippen molar-refractivity contribution in [3.63, 3.8) is 0 Å². The Balaban J connectivity index is 1.74. The van der Waals surface area contributed by atoms with Crippen molar-refractivity contribution >= 4 is 11.9 Å². The minimum atomic E-state index is -0.444. The van der Waals surface area contributed by atoms with Crippen LogP contribution in [-0.4, -0.2) is 23.5 Å². The van der Waals surface area contributed by atoms with Gasteiger partial charge in [0, 0.05) is 18.9 Å². The summed E-state index contributed by atoms with van der Waals surface area (Å²) in [6.45, 7) is 5.59. The van der Waals surface area contributed by atoms with Crippen LogP contribution in [-0.2, 0) is 9.53 Å². The molecule has 0 unspecified atom stereocenters. The molecule has 0 heterocycles. The van der Waals surface area contributed by atoms with Gasteiger partial charge >= 0.3 is 6.09 Å². The summed E-state index contributed by atoms with van der Waals surface area (Å²) in [7, 11) is 0. The molecule has 0 aromatic carbocycles. The Labute approximate surface area is 108 Å². The number of Topliss-reactive ketones (excluding diaryl/α,β-unsaturated/α-hetero) is 1. The fourth-order valence-electron chi connectivity index (χ4n) is 2.99. The van der Waals surface area contributed by atoms with E-state index in [0.717, 1.165) is 38.5 Å². The van der Waals surface area contributed by atoms with E-state index in [4.69, 9.17) is 4.74 Å². The second-order valence-electron chi connectivity index (χ2n) is 6.81. The normalized spacial score (nSPS) is 23.6. The maximum absolute atomic E-state index is 11.6. The van der Waals surface area contributed by atoms with Crippen LogP contribution in [0, 0.1) is 5.41 Å². The highest BCUT2D eigenvalue weighted by atomic mass is 16.6. The van der Waals surface area contributed by atoms with E-state index >= 15 is 0 Å². The molecule has 0 saturated heterocycles. The van der Waals surface area contributed by atoms with Crippen LogP contribution in [0.4, 0.5) is 4.79 Å². The fourth-order valence-corrected chi connectivity index (χ4v) is 2.99. The molecule has 4 nitrogen and oxygen atoms in total. The predicted molar refractivity (Wildman–Crippen MR) is 68.3 cm³/mol. The van der Waals surface area contributed by atoms with E-state index in [-0.39, 0.29) is 17.6 Å². The molecule has 102 valence electrons. The third kappa shape index (κ3) is 3.24. The Morgan fingerprint density at radius 2 is 1.83 bits per heavy atom. The van der Waals surface area contributed by atoms with E-state index in [0.29, 0.717) is 5.78 Å². The summed E-state index contributed by atoms with van der Waals surface area (Å²) in [4.78, 5) is 22.7. The summed E-state index contributed by atoms with van der Waals surface area (Å²) in [6.07, 6.45) is 5.23. The van der Waals surface area contributed by atoms with Crippen LogP contribution >= 0.6 is 0 Å². The van der Waals surface area contributed by atoms with Crippen LogP contribution in [0.15, 0.2) is 0 Å². The molecular weight excluding hydrogens is 230 g/mol. The zero-order chi connectivity index (χ0) is 13.4. The Hall–Kier alpha value is -1.06. The highest BCUT2D eigenvalue weighted by Crippen LogP contribution is 2.49. The van der Waals surface area contributed by atoms with Crippen molar-refractivity contribution < 1.29 is 14.3 Å². The van der Waals surface area contributed by atoms with E-state index < -0.39 is 5.60 Å². The highest BCUT2D eigenvalue weighted by molar-refractivity contribution is 5.86. The molecule has 0 aromatic heterocycles. The molecule has 0 aliphatic heterocycles. The molecule has 18 heavy (non-hydrogen) atoms. The number of alkyl carbamates (subject to hydrolysis) is 1. The largest absolute Gasteiger partial charge is 0.444 e. The number of amides is 1. The number of hydrogen-bond donors (Lipinski definition) is 1. The van der Waals surface area contributed by atoms with E-state index in [2.05, 4.69) is 5.32 Å². The van der Waals surface area contributed by atoms with Gasteiger partial charge in [-0.2, -0.15) is 0 Å². The van der Waals surface area contributed by atoms with Crippen molar-refractivity contribution in [3.05, 3.63) is 0 Å². The molecule has 0 atom stereocenters. The molecule has 2 rings (SSSR count). The van der Waals surface area contributed by atoms with Gasteiger partial charge in [-0.1, -0.05) is 0 Å². The average Bonchev–Trinajstić information content (AvgIpc) is 2.16. The van der Waals surface area contributed by atoms with Gasteiger partial charge in [0.1, 0.15) is 11.4 Å². The standard InChI is InChI=1S/C14H23NO3/c1-13(2,3)18-12(17)15-10-4-6-14(7-5-10)8-11(16)9-14/h10H,4-9H2,1-3H3,(H,15,17). The van der Waals surface area contributed by atoms with Gasteiger partial charge in [0.25, 0.3) is 0 Å². The summed E-state index contributed by atoms with van der Waals surface area (Å²) in [6, 6.07) is 0.209. The molecule has 2 fully saturated rings. The second-order valence-corrected chi connectivity index (χ2v) is 6.81. The SMILES string of the molecule is CC(C)(C)OC(=O)NC1CCC2(CC1)CC(=O)C2. The van der Waals surface area contributed by atoms with Crippen LogP contribution < -0.4 is 5.32 Å². The quantitative estimate of drug-likeness (QED) is 0.781. The number of ketones is 1. The molecule has 1 amide bonds. The monoisotopic (exact) mass is 253 g/mol. The molecule has 1 N–H and O–H groups in total. The van der Waals surface area contributed by atoms with E-state index in [1.807, 2.05) is 20.8 Å². The van der Waals surface area contributed by atoms with Gasteiger partial charge in [-0.05, 0) is 51.9 Å². The first-order chi connectivity index (χ1) is 8.28. The first-order valence-electron chi connectivity index (χ1n) is 6.79. The van der Waals surface area contributed by atoms with Crippen molar-refractivity contribution in [1.82, 2.24) is 5.32 Å². The van der Waals surface area contributed by atoms with Crippen molar-refractivity contribution in [3.8, 4) is 0 Å². The van der Waals surface area contributed by atoms with E-state index in [9.17, 15) is 9.59 Å². The van der Waals surface area contributed by atoms with Crippen LogP contribution in [0.5, 0.6) is 0 Å². The number of carbonyl (C=O) groups excluding carboxylic acids is 2. The number of carbonyl (C=O) groups is 2. The van der Waals surface area contributed by atoms with Crippen molar-refractivity contribution in [2.45, 2.75) is 70.9 Å². The Bertz CT molecular complexity index is 339. The first-order valence-corrected chi connectivity index (χ1v) is 6.79. The zero-order valence-corrected chi connectivity index (χ0v) is 11.5. The lowest BCUT2D eigenvalue weighted by Crippen LogP contribution is -2.46. The van der Waals surface area contributed by atoms with Gasteiger partial charge in [0.2, 0.25) is 0 Å². The van der Waals surface area contributed by atoms with Gasteiger partial charge in [-0.25, -0.2) is 4.79 Å². The topological polar surface area (TPSA) is 55.4 Å². The van der Waals surface area contributed by atoms with E-state index in [1.54, 1.807) is 0 Å². The summed E-state index contributed by atoms with van der Waals surface area (Å²) in [5.74, 6) is 0.397. The number of hydrogen-bond acceptors (Lipinski definition) is 3. The predicted octanol–water partition coefficient (Wildman–Crippen LogP) is 2.80. The summed E-state index contributed by atoms with van der Waals surface area (Å²) >= 11 is 0. The van der Waals surface area contributed by atoms with Crippen molar-refractivity contribution in [2.75, 3.05) is 0 Å². The molecule has 1 spiro atoms. The van der Waals surface area contributed by atoms with Crippen LogP contribution in [0.3, 0.4) is 0 Å². The molecule has 0 radical (unpaired) electrons. The number of nitrogens with one attached hydrogen (secondary N) is 1. The molecule has 0 bridgehead atoms. The summed E-state index contributed by atoms with van der Waals surface area (Å²) in [5, 5.41) is 2.93. The zero-order valence-electron chi connectivity index (χ0n) is 11.5. The van der Waals surface area contributed by atoms with Crippen LogP contribution in [0.1, 0.15) is 59.3 Å². The Morgan fingerprint density at radius 1 is 1.28 bits per heavy atom. The van der Waals surface area contributed by atoms with Crippen LogP contribution in [0.2, 0.25) is 0 Å². The fraction of sp³-hybridized carbons (Fsp3) is 0.857. The molecule has 4 heteroatoms. The second kappa shape index (κ2) is 4.56. The Kier molecular flexibility index (Phi) is 3.39. The van der Waals surface area contributed by atoms with Gasteiger partial charge < -0.3 is 10.1 Å². The van der Waals surface area contributed by atoms with Crippen molar-refractivity contribution in [1.29, 1.82) is 0 Å². The average molecular weight is 253 g/mol.